The predicted molar refractivity (Wildman–Crippen MR) is 68.6 cm³/mol. The summed E-state index contributed by atoms with van der Waals surface area (Å²) < 4.78 is 24.4. The summed E-state index contributed by atoms with van der Waals surface area (Å²) in [6, 6.07) is 5.22. The van der Waals surface area contributed by atoms with E-state index >= 15 is 0 Å². The van der Waals surface area contributed by atoms with Crippen LogP contribution >= 0.6 is 0 Å². The molecule has 0 unspecified atom stereocenters. The zero-order valence-corrected chi connectivity index (χ0v) is 11.0. The molecular weight excluding hydrogens is 233 g/mol. The third kappa shape index (κ3) is 2.49. The molecule has 1 saturated heterocycles. The van der Waals surface area contributed by atoms with E-state index < -0.39 is 0 Å². The first kappa shape index (κ1) is 13.3. The van der Waals surface area contributed by atoms with Crippen LogP contribution in [-0.2, 0) is 10.2 Å². The zero-order chi connectivity index (χ0) is 13.0. The van der Waals surface area contributed by atoms with Gasteiger partial charge < -0.3 is 14.8 Å². The molecule has 0 spiro atoms. The van der Waals surface area contributed by atoms with Gasteiger partial charge in [0.15, 0.2) is 11.6 Å². The Bertz CT molecular complexity index is 405. The Kier molecular flexibility index (Phi) is 4.19. The van der Waals surface area contributed by atoms with Gasteiger partial charge in [0, 0.05) is 6.54 Å². The van der Waals surface area contributed by atoms with E-state index in [2.05, 4.69) is 12.2 Å². The Morgan fingerprint density at radius 2 is 2.17 bits per heavy atom. The van der Waals surface area contributed by atoms with Gasteiger partial charge in [0.25, 0.3) is 0 Å². The lowest BCUT2D eigenvalue weighted by Crippen LogP contribution is -2.53. The fourth-order valence-electron chi connectivity index (χ4n) is 2.19. The summed E-state index contributed by atoms with van der Waals surface area (Å²) in [5.41, 5.74) is 0.900. The third-order valence-corrected chi connectivity index (χ3v) is 3.31. The zero-order valence-electron chi connectivity index (χ0n) is 11.0. The second-order valence-corrected chi connectivity index (χ2v) is 4.63. The molecule has 0 aromatic heterocycles. The molecule has 1 N–H and O–H groups in total. The Labute approximate surface area is 107 Å². The van der Waals surface area contributed by atoms with Crippen LogP contribution in [0.2, 0.25) is 0 Å². The molecule has 0 bridgehead atoms. The van der Waals surface area contributed by atoms with Gasteiger partial charge in [-0.2, -0.15) is 0 Å². The van der Waals surface area contributed by atoms with Gasteiger partial charge >= 0.3 is 0 Å². The van der Waals surface area contributed by atoms with Crippen LogP contribution in [0, 0.1) is 5.82 Å². The number of benzene rings is 1. The molecule has 1 fully saturated rings. The summed E-state index contributed by atoms with van der Waals surface area (Å²) in [7, 11) is 0. The van der Waals surface area contributed by atoms with Crippen molar-refractivity contribution in [2.45, 2.75) is 19.3 Å². The Hall–Kier alpha value is -1.13. The van der Waals surface area contributed by atoms with Crippen LogP contribution in [0.15, 0.2) is 18.2 Å². The lowest BCUT2D eigenvalue weighted by Gasteiger charge is -2.42. The van der Waals surface area contributed by atoms with E-state index in [9.17, 15) is 4.39 Å². The molecule has 3 nitrogen and oxygen atoms in total. The fraction of sp³-hybridized carbons (Fsp3) is 0.571. The number of ether oxygens (including phenoxy) is 2. The Morgan fingerprint density at radius 1 is 1.39 bits per heavy atom. The first-order chi connectivity index (χ1) is 8.72. The van der Waals surface area contributed by atoms with Gasteiger partial charge in [0.2, 0.25) is 0 Å². The SMILES string of the molecule is CCNCC1(c2ccc(OCC)c(F)c2)COC1. The van der Waals surface area contributed by atoms with Crippen LogP contribution in [0.3, 0.4) is 0 Å². The largest absolute Gasteiger partial charge is 0.491 e. The summed E-state index contributed by atoms with van der Waals surface area (Å²) in [5.74, 6) is 0.0252. The number of nitrogens with one attached hydrogen (secondary N) is 1. The fourth-order valence-corrected chi connectivity index (χ4v) is 2.19. The van der Waals surface area contributed by atoms with Gasteiger partial charge in [-0.1, -0.05) is 13.0 Å². The minimum atomic E-state index is -0.294. The molecule has 0 saturated carbocycles. The molecule has 1 aliphatic rings. The highest BCUT2D eigenvalue weighted by atomic mass is 19.1. The molecule has 1 aromatic carbocycles. The normalized spacial score (nSPS) is 17.3. The maximum absolute atomic E-state index is 13.9. The van der Waals surface area contributed by atoms with Crippen molar-refractivity contribution in [2.75, 3.05) is 32.9 Å². The second-order valence-electron chi connectivity index (χ2n) is 4.63. The maximum Gasteiger partial charge on any atom is 0.165 e. The molecule has 18 heavy (non-hydrogen) atoms. The van der Waals surface area contributed by atoms with Gasteiger partial charge in [-0.25, -0.2) is 4.39 Å². The van der Waals surface area contributed by atoms with Crippen molar-refractivity contribution in [1.29, 1.82) is 0 Å². The van der Waals surface area contributed by atoms with E-state index in [-0.39, 0.29) is 11.2 Å². The smallest absolute Gasteiger partial charge is 0.165 e. The van der Waals surface area contributed by atoms with Crippen molar-refractivity contribution in [3.63, 3.8) is 0 Å². The molecule has 0 aliphatic carbocycles. The van der Waals surface area contributed by atoms with Crippen LogP contribution in [0.5, 0.6) is 5.75 Å². The topological polar surface area (TPSA) is 30.5 Å². The molecular formula is C14H20FNO2. The van der Waals surface area contributed by atoms with Crippen molar-refractivity contribution < 1.29 is 13.9 Å². The summed E-state index contributed by atoms with van der Waals surface area (Å²) >= 11 is 0. The lowest BCUT2D eigenvalue weighted by atomic mass is 9.78. The minimum absolute atomic E-state index is 0.0818. The standard InChI is InChI=1S/C14H20FNO2/c1-3-16-8-14(9-17-10-14)11-5-6-13(18-4-2)12(15)7-11/h5-7,16H,3-4,8-10H2,1-2H3. The maximum atomic E-state index is 13.9. The molecule has 0 atom stereocenters. The van der Waals surface area contributed by atoms with E-state index in [1.165, 1.54) is 0 Å². The quantitative estimate of drug-likeness (QED) is 0.842. The molecule has 1 aliphatic heterocycles. The highest BCUT2D eigenvalue weighted by Crippen LogP contribution is 2.34. The second kappa shape index (κ2) is 5.67. The molecule has 0 radical (unpaired) electrons. The van der Waals surface area contributed by atoms with Crippen LogP contribution in [0.1, 0.15) is 19.4 Å². The van der Waals surface area contributed by atoms with E-state index in [4.69, 9.17) is 9.47 Å². The van der Waals surface area contributed by atoms with Crippen LogP contribution in [0.4, 0.5) is 4.39 Å². The molecule has 0 amide bonds. The van der Waals surface area contributed by atoms with Gasteiger partial charge in [0.05, 0.1) is 25.2 Å². The average Bonchev–Trinajstić information content (AvgIpc) is 2.31. The summed E-state index contributed by atoms with van der Waals surface area (Å²) in [5, 5.41) is 3.32. The van der Waals surface area contributed by atoms with E-state index in [1.807, 2.05) is 13.0 Å². The van der Waals surface area contributed by atoms with Gasteiger partial charge in [-0.05, 0) is 31.2 Å². The van der Waals surface area contributed by atoms with Crippen LogP contribution < -0.4 is 10.1 Å². The third-order valence-electron chi connectivity index (χ3n) is 3.31. The number of hydrogen-bond acceptors (Lipinski definition) is 3. The highest BCUT2D eigenvalue weighted by molar-refractivity contribution is 5.35. The number of likely N-dealkylation sites (N-methyl/N-ethyl adjacent to an activating group) is 1. The van der Waals surface area contributed by atoms with E-state index in [1.54, 1.807) is 12.1 Å². The minimum Gasteiger partial charge on any atom is -0.491 e. The van der Waals surface area contributed by atoms with Crippen molar-refractivity contribution in [3.8, 4) is 5.75 Å². The van der Waals surface area contributed by atoms with Crippen molar-refractivity contribution >= 4 is 0 Å². The monoisotopic (exact) mass is 253 g/mol. The number of rotatable bonds is 6. The van der Waals surface area contributed by atoms with Gasteiger partial charge in [0.1, 0.15) is 0 Å². The van der Waals surface area contributed by atoms with E-state index in [0.29, 0.717) is 25.6 Å². The van der Waals surface area contributed by atoms with Gasteiger partial charge in [-0.15, -0.1) is 0 Å². The molecule has 1 aromatic rings. The van der Waals surface area contributed by atoms with Crippen molar-refractivity contribution in [1.82, 2.24) is 5.32 Å². The van der Waals surface area contributed by atoms with Crippen LogP contribution in [-0.4, -0.2) is 32.9 Å². The number of halogens is 1. The first-order valence-corrected chi connectivity index (χ1v) is 6.43. The van der Waals surface area contributed by atoms with Crippen molar-refractivity contribution in [3.05, 3.63) is 29.6 Å². The van der Waals surface area contributed by atoms with E-state index in [0.717, 1.165) is 18.7 Å². The van der Waals surface area contributed by atoms with Crippen LogP contribution in [0.25, 0.3) is 0 Å². The molecule has 1 heterocycles. The van der Waals surface area contributed by atoms with Crippen molar-refractivity contribution in [2.24, 2.45) is 0 Å². The summed E-state index contributed by atoms with van der Waals surface area (Å²) in [6.07, 6.45) is 0. The molecule has 100 valence electrons. The predicted octanol–water partition coefficient (Wildman–Crippen LogP) is 2.10. The lowest BCUT2D eigenvalue weighted by molar-refractivity contribution is -0.0589. The number of hydrogen-bond donors (Lipinski definition) is 1. The Morgan fingerprint density at radius 3 is 2.67 bits per heavy atom. The Balaban J connectivity index is 2.18. The average molecular weight is 253 g/mol. The van der Waals surface area contributed by atoms with Gasteiger partial charge in [-0.3, -0.25) is 0 Å². The summed E-state index contributed by atoms with van der Waals surface area (Å²) in [6.45, 7) is 7.40. The highest BCUT2D eigenvalue weighted by Gasteiger charge is 2.40. The molecule has 4 heteroatoms. The molecule has 2 rings (SSSR count). The summed E-state index contributed by atoms with van der Waals surface area (Å²) in [4.78, 5) is 0. The first-order valence-electron chi connectivity index (χ1n) is 6.43.